The first-order chi connectivity index (χ1) is 7.63. The highest BCUT2D eigenvalue weighted by molar-refractivity contribution is 5.15. The summed E-state index contributed by atoms with van der Waals surface area (Å²) in [6.07, 6.45) is -1.86. The van der Waals surface area contributed by atoms with Crippen LogP contribution in [0.3, 0.4) is 0 Å². The van der Waals surface area contributed by atoms with Crippen LogP contribution in [-0.4, -0.2) is 30.2 Å². The number of benzene rings is 1. The molecule has 0 heterocycles. The van der Waals surface area contributed by atoms with E-state index in [-0.39, 0.29) is 12.6 Å². The summed E-state index contributed by atoms with van der Waals surface area (Å²) in [5.41, 5.74) is 1.02. The molecule has 0 amide bonds. The minimum absolute atomic E-state index is 0.147. The minimum atomic E-state index is -2.41. The second-order valence-corrected chi connectivity index (χ2v) is 3.86. The van der Waals surface area contributed by atoms with Gasteiger partial charge < -0.3 is 10.4 Å². The normalized spacial score (nSPS) is 15.1. The Labute approximate surface area is 94.3 Å². The maximum atomic E-state index is 12.3. The molecule has 1 aromatic rings. The minimum Gasteiger partial charge on any atom is -0.395 e. The van der Waals surface area contributed by atoms with Crippen LogP contribution in [0.15, 0.2) is 30.3 Å². The van der Waals surface area contributed by atoms with Gasteiger partial charge in [0.25, 0.3) is 6.43 Å². The third kappa shape index (κ3) is 4.24. The van der Waals surface area contributed by atoms with Crippen molar-refractivity contribution in [1.29, 1.82) is 0 Å². The van der Waals surface area contributed by atoms with Gasteiger partial charge in [-0.2, -0.15) is 0 Å². The van der Waals surface area contributed by atoms with E-state index in [2.05, 4.69) is 5.32 Å². The molecule has 0 bridgehead atoms. The second kappa shape index (κ2) is 6.55. The van der Waals surface area contributed by atoms with Gasteiger partial charge in [-0.1, -0.05) is 30.3 Å². The fraction of sp³-hybridized carbons (Fsp3) is 0.500. The summed E-state index contributed by atoms with van der Waals surface area (Å²) in [6.45, 7) is 1.27. The molecule has 0 aromatic heterocycles. The Kier molecular flexibility index (Phi) is 5.35. The smallest absolute Gasteiger partial charge is 0.253 e. The van der Waals surface area contributed by atoms with E-state index in [0.717, 1.165) is 5.56 Å². The van der Waals surface area contributed by atoms with Gasteiger partial charge in [-0.05, 0) is 18.9 Å². The molecule has 0 aliphatic rings. The number of aliphatic hydroxyl groups excluding tert-OH is 1. The van der Waals surface area contributed by atoms with Crippen LogP contribution in [0, 0.1) is 0 Å². The summed E-state index contributed by atoms with van der Waals surface area (Å²) in [5.74, 6) is 0. The van der Waals surface area contributed by atoms with Crippen molar-refractivity contribution in [2.45, 2.75) is 31.9 Å². The SMILES string of the molecule is CC(NC(CO)Cc1ccccc1)C(F)F. The lowest BCUT2D eigenvalue weighted by atomic mass is 10.1. The third-order valence-corrected chi connectivity index (χ3v) is 2.42. The Morgan fingerprint density at radius 1 is 1.25 bits per heavy atom. The molecule has 0 radical (unpaired) electrons. The average molecular weight is 229 g/mol. The van der Waals surface area contributed by atoms with Gasteiger partial charge in [-0.3, -0.25) is 0 Å². The van der Waals surface area contributed by atoms with Gasteiger partial charge in [-0.15, -0.1) is 0 Å². The van der Waals surface area contributed by atoms with Gasteiger partial charge in [0.15, 0.2) is 0 Å². The molecule has 1 aromatic carbocycles. The van der Waals surface area contributed by atoms with Gasteiger partial charge in [-0.25, -0.2) is 8.78 Å². The fourth-order valence-corrected chi connectivity index (χ4v) is 1.52. The number of hydrogen-bond donors (Lipinski definition) is 2. The zero-order valence-electron chi connectivity index (χ0n) is 9.24. The maximum absolute atomic E-state index is 12.3. The van der Waals surface area contributed by atoms with Gasteiger partial charge in [0, 0.05) is 6.04 Å². The van der Waals surface area contributed by atoms with Crippen LogP contribution in [0.25, 0.3) is 0 Å². The van der Waals surface area contributed by atoms with Crippen molar-refractivity contribution in [3.63, 3.8) is 0 Å². The molecule has 2 N–H and O–H groups in total. The molecule has 90 valence electrons. The number of rotatable bonds is 6. The van der Waals surface area contributed by atoms with Gasteiger partial charge in [0.2, 0.25) is 0 Å². The molecule has 0 saturated carbocycles. The molecule has 0 spiro atoms. The first-order valence-corrected chi connectivity index (χ1v) is 5.32. The fourth-order valence-electron chi connectivity index (χ4n) is 1.52. The Morgan fingerprint density at radius 3 is 2.38 bits per heavy atom. The van der Waals surface area contributed by atoms with Crippen molar-refractivity contribution in [1.82, 2.24) is 5.32 Å². The summed E-state index contributed by atoms with van der Waals surface area (Å²) >= 11 is 0. The number of nitrogens with one attached hydrogen (secondary N) is 1. The monoisotopic (exact) mass is 229 g/mol. The average Bonchev–Trinajstić information content (AvgIpc) is 2.29. The molecule has 0 saturated heterocycles. The van der Waals surface area contributed by atoms with Crippen LogP contribution in [0.4, 0.5) is 8.78 Å². The van der Waals surface area contributed by atoms with E-state index >= 15 is 0 Å². The summed E-state index contributed by atoms with van der Waals surface area (Å²) in [4.78, 5) is 0. The summed E-state index contributed by atoms with van der Waals surface area (Å²) in [6, 6.07) is 8.27. The molecule has 0 aliphatic carbocycles. The molecule has 0 aliphatic heterocycles. The van der Waals surface area contributed by atoms with Crippen molar-refractivity contribution >= 4 is 0 Å². The van der Waals surface area contributed by atoms with E-state index < -0.39 is 12.5 Å². The van der Waals surface area contributed by atoms with Crippen molar-refractivity contribution in [2.24, 2.45) is 0 Å². The van der Waals surface area contributed by atoms with Gasteiger partial charge in [0.1, 0.15) is 0 Å². The number of hydrogen-bond acceptors (Lipinski definition) is 2. The first-order valence-electron chi connectivity index (χ1n) is 5.32. The van der Waals surface area contributed by atoms with Crippen LogP contribution in [0.2, 0.25) is 0 Å². The predicted octanol–water partition coefficient (Wildman–Crippen LogP) is 1.83. The van der Waals surface area contributed by atoms with E-state index in [0.29, 0.717) is 6.42 Å². The number of halogens is 2. The lowest BCUT2D eigenvalue weighted by Gasteiger charge is -2.21. The van der Waals surface area contributed by atoms with E-state index in [1.54, 1.807) is 0 Å². The highest BCUT2D eigenvalue weighted by atomic mass is 19.3. The number of aliphatic hydroxyl groups is 1. The van der Waals surface area contributed by atoms with Crippen molar-refractivity contribution < 1.29 is 13.9 Å². The molecule has 1 rings (SSSR count). The molecular weight excluding hydrogens is 212 g/mol. The molecule has 2 unspecified atom stereocenters. The van der Waals surface area contributed by atoms with Crippen LogP contribution in [0.5, 0.6) is 0 Å². The van der Waals surface area contributed by atoms with Crippen molar-refractivity contribution in [3.05, 3.63) is 35.9 Å². The van der Waals surface area contributed by atoms with Gasteiger partial charge in [0.05, 0.1) is 12.6 Å². The Bertz CT molecular complexity index is 292. The summed E-state index contributed by atoms with van der Waals surface area (Å²) in [7, 11) is 0. The topological polar surface area (TPSA) is 32.3 Å². The highest BCUT2D eigenvalue weighted by Crippen LogP contribution is 2.06. The first kappa shape index (κ1) is 13.1. The van der Waals surface area contributed by atoms with Gasteiger partial charge >= 0.3 is 0 Å². The third-order valence-electron chi connectivity index (χ3n) is 2.42. The lowest BCUT2D eigenvalue weighted by molar-refractivity contribution is 0.0927. The van der Waals surface area contributed by atoms with Crippen LogP contribution < -0.4 is 5.32 Å². The van der Waals surface area contributed by atoms with Crippen molar-refractivity contribution in [3.8, 4) is 0 Å². The quantitative estimate of drug-likeness (QED) is 0.780. The van der Waals surface area contributed by atoms with E-state index in [4.69, 9.17) is 5.11 Å². The van der Waals surface area contributed by atoms with Crippen molar-refractivity contribution in [2.75, 3.05) is 6.61 Å². The van der Waals surface area contributed by atoms with E-state index in [9.17, 15) is 8.78 Å². The Morgan fingerprint density at radius 2 is 1.88 bits per heavy atom. The largest absolute Gasteiger partial charge is 0.395 e. The molecule has 2 nitrogen and oxygen atoms in total. The zero-order chi connectivity index (χ0) is 12.0. The predicted molar refractivity (Wildman–Crippen MR) is 59.6 cm³/mol. The second-order valence-electron chi connectivity index (χ2n) is 3.86. The summed E-state index contributed by atoms with van der Waals surface area (Å²) in [5, 5.41) is 11.8. The Hall–Kier alpha value is -1.00. The lowest BCUT2D eigenvalue weighted by Crippen LogP contribution is -2.43. The molecular formula is C12H17F2NO. The molecule has 4 heteroatoms. The maximum Gasteiger partial charge on any atom is 0.253 e. The standard InChI is InChI=1S/C12H17F2NO/c1-9(12(13)14)15-11(8-16)7-10-5-3-2-4-6-10/h2-6,9,11-12,15-16H,7-8H2,1H3. The Balaban J connectivity index is 2.49. The summed E-state index contributed by atoms with van der Waals surface area (Å²) < 4.78 is 24.6. The van der Waals surface area contributed by atoms with Crippen LogP contribution in [-0.2, 0) is 6.42 Å². The highest BCUT2D eigenvalue weighted by Gasteiger charge is 2.18. The zero-order valence-corrected chi connectivity index (χ0v) is 9.24. The van der Waals surface area contributed by atoms with Crippen LogP contribution >= 0.6 is 0 Å². The molecule has 16 heavy (non-hydrogen) atoms. The van der Waals surface area contributed by atoms with E-state index in [1.807, 2.05) is 30.3 Å². The van der Waals surface area contributed by atoms with Crippen LogP contribution in [0.1, 0.15) is 12.5 Å². The number of alkyl halides is 2. The molecule has 0 fully saturated rings. The van der Waals surface area contributed by atoms with E-state index in [1.165, 1.54) is 6.92 Å². The molecule has 2 atom stereocenters.